The van der Waals surface area contributed by atoms with Crippen molar-refractivity contribution in [2.24, 2.45) is 34.7 Å². The van der Waals surface area contributed by atoms with Gasteiger partial charge < -0.3 is 19.0 Å². The maximum absolute atomic E-state index is 13.6. The first kappa shape index (κ1) is 21.6. The summed E-state index contributed by atoms with van der Waals surface area (Å²) in [5, 5.41) is 4.39. The topological polar surface area (TPSA) is 104 Å². The fraction of sp³-hybridized carbons (Fsp3) is 0.385. The summed E-state index contributed by atoms with van der Waals surface area (Å²) in [7, 11) is 3.16. The molecule has 180 valence electrons. The summed E-state index contributed by atoms with van der Waals surface area (Å²) in [4.78, 5) is 45.4. The van der Waals surface area contributed by atoms with E-state index < -0.39 is 17.8 Å². The number of imide groups is 1. The second-order valence-corrected chi connectivity index (χ2v) is 9.36. The molecular formula is C26H24N2O7. The van der Waals surface area contributed by atoms with E-state index in [0.717, 1.165) is 17.7 Å². The average Bonchev–Trinajstić information content (AvgIpc) is 3.59. The van der Waals surface area contributed by atoms with Crippen LogP contribution in [0.15, 0.2) is 47.6 Å². The molecule has 9 nitrogen and oxygen atoms in total. The number of anilines is 1. The lowest BCUT2D eigenvalue weighted by Gasteiger charge is -2.29. The van der Waals surface area contributed by atoms with Gasteiger partial charge in [-0.05, 0) is 54.8 Å². The summed E-state index contributed by atoms with van der Waals surface area (Å²) >= 11 is 0. The van der Waals surface area contributed by atoms with Gasteiger partial charge in [-0.1, -0.05) is 5.16 Å². The number of ether oxygens (including phenoxy) is 3. The van der Waals surface area contributed by atoms with Crippen LogP contribution in [0.2, 0.25) is 0 Å². The molecule has 0 spiro atoms. The molecule has 0 N–H and O–H groups in total. The Labute approximate surface area is 201 Å². The van der Waals surface area contributed by atoms with E-state index in [1.54, 1.807) is 38.5 Å². The number of esters is 1. The van der Waals surface area contributed by atoms with Gasteiger partial charge in [0.2, 0.25) is 11.8 Å². The molecule has 0 radical (unpaired) electrons. The second-order valence-electron chi connectivity index (χ2n) is 9.36. The van der Waals surface area contributed by atoms with Gasteiger partial charge in [0.15, 0.2) is 11.5 Å². The maximum atomic E-state index is 13.6. The Balaban J connectivity index is 1.28. The molecule has 2 amide bonds. The molecule has 6 atom stereocenters. The highest BCUT2D eigenvalue weighted by Crippen LogP contribution is 2.62. The molecule has 2 saturated carbocycles. The zero-order chi connectivity index (χ0) is 24.4. The fourth-order valence-corrected chi connectivity index (χ4v) is 6.44. The number of hydrogen-bond donors (Lipinski definition) is 0. The minimum absolute atomic E-state index is 0.0360. The number of carbonyl (C=O) groups is 3. The van der Waals surface area contributed by atoms with Crippen LogP contribution in [0.5, 0.6) is 17.2 Å². The minimum Gasteiger partial charge on any atom is -0.493 e. The number of carbonyl (C=O) groups excluding carboxylic acids is 3. The first-order valence-electron chi connectivity index (χ1n) is 11.5. The van der Waals surface area contributed by atoms with Gasteiger partial charge in [-0.15, -0.1) is 0 Å². The van der Waals surface area contributed by atoms with Crippen LogP contribution in [-0.2, 0) is 19.2 Å². The first-order valence-corrected chi connectivity index (χ1v) is 11.5. The Kier molecular flexibility index (Phi) is 4.84. The predicted molar refractivity (Wildman–Crippen MR) is 123 cm³/mol. The molecule has 9 heteroatoms. The van der Waals surface area contributed by atoms with Crippen LogP contribution >= 0.6 is 0 Å². The van der Waals surface area contributed by atoms with Gasteiger partial charge in [0.1, 0.15) is 11.9 Å². The van der Waals surface area contributed by atoms with Gasteiger partial charge in [0.05, 0.1) is 37.5 Å². The molecule has 0 unspecified atom stereocenters. The van der Waals surface area contributed by atoms with Crippen molar-refractivity contribution in [2.45, 2.75) is 19.4 Å². The van der Waals surface area contributed by atoms with Crippen molar-refractivity contribution >= 4 is 29.2 Å². The van der Waals surface area contributed by atoms with Crippen molar-refractivity contribution in [1.29, 1.82) is 0 Å². The van der Waals surface area contributed by atoms with Crippen LogP contribution in [-0.4, -0.2) is 43.8 Å². The van der Waals surface area contributed by atoms with Crippen molar-refractivity contribution in [3.05, 3.63) is 48.0 Å². The zero-order valence-electron chi connectivity index (χ0n) is 19.5. The third-order valence-electron chi connectivity index (χ3n) is 7.73. The minimum atomic E-state index is -0.435. The molecule has 1 saturated heterocycles. The lowest BCUT2D eigenvalue weighted by atomic mass is 9.71. The summed E-state index contributed by atoms with van der Waals surface area (Å²) in [5.41, 5.74) is 2.12. The number of amides is 2. The summed E-state index contributed by atoms with van der Waals surface area (Å²) in [6, 6.07) is 12.0. The lowest BCUT2D eigenvalue weighted by Crippen LogP contribution is -2.41. The monoisotopic (exact) mass is 476 g/mol. The molecule has 2 bridgehead atoms. The van der Waals surface area contributed by atoms with Gasteiger partial charge in [-0.2, -0.15) is 0 Å². The number of benzene rings is 2. The third-order valence-corrected chi connectivity index (χ3v) is 7.73. The van der Waals surface area contributed by atoms with Gasteiger partial charge in [0, 0.05) is 24.3 Å². The standard InChI is InChI=1S/C26H24N2O7/c1-12(29)34-15-7-5-14(6-8-15)28-25(30)20-16-11-17(21(20)26(28)31)24-22(16)23(27-35-24)13-4-9-18(32-2)19(10-13)33-3/h4-10,16-17,20-22,24H,11H2,1-3H3/t16-,17+,20-,21+,22+,24-/m1/s1. The van der Waals surface area contributed by atoms with Crippen LogP contribution in [0.1, 0.15) is 18.9 Å². The highest BCUT2D eigenvalue weighted by molar-refractivity contribution is 6.23. The number of oxime groups is 1. The van der Waals surface area contributed by atoms with E-state index in [9.17, 15) is 14.4 Å². The highest BCUT2D eigenvalue weighted by Gasteiger charge is 2.70. The lowest BCUT2D eigenvalue weighted by molar-refractivity contribution is -0.132. The van der Waals surface area contributed by atoms with E-state index in [1.165, 1.54) is 11.8 Å². The van der Waals surface area contributed by atoms with Gasteiger partial charge in [0.25, 0.3) is 0 Å². The second kappa shape index (κ2) is 7.83. The van der Waals surface area contributed by atoms with E-state index in [2.05, 4.69) is 5.16 Å². The van der Waals surface area contributed by atoms with Crippen LogP contribution in [0.25, 0.3) is 0 Å². The van der Waals surface area contributed by atoms with Crippen LogP contribution < -0.4 is 19.1 Å². The SMILES string of the molecule is COc1ccc(C2=NO[C@@H]3[C@H]4C[C@@H]([C@@H]23)[C@H]2C(=O)N(c3ccc(OC(C)=O)cc3)C(=O)[C@@H]42)cc1OC. The number of hydrogen-bond acceptors (Lipinski definition) is 8. The summed E-state index contributed by atoms with van der Waals surface area (Å²) in [5.74, 6) is -0.253. The zero-order valence-corrected chi connectivity index (χ0v) is 19.5. The molecular weight excluding hydrogens is 452 g/mol. The predicted octanol–water partition coefficient (Wildman–Crippen LogP) is 2.80. The largest absolute Gasteiger partial charge is 0.493 e. The maximum Gasteiger partial charge on any atom is 0.308 e. The first-order chi connectivity index (χ1) is 16.9. The van der Waals surface area contributed by atoms with Crippen molar-refractivity contribution in [3.8, 4) is 17.2 Å². The van der Waals surface area contributed by atoms with Crippen LogP contribution in [0.3, 0.4) is 0 Å². The number of fused-ring (bicyclic) bond motifs is 8. The Hall–Kier alpha value is -3.88. The summed E-state index contributed by atoms with van der Waals surface area (Å²) in [6.45, 7) is 1.32. The van der Waals surface area contributed by atoms with Crippen LogP contribution in [0, 0.1) is 29.6 Å². The summed E-state index contributed by atoms with van der Waals surface area (Å²) < 4.78 is 15.9. The quantitative estimate of drug-likeness (QED) is 0.371. The Bertz CT molecular complexity index is 1270. The van der Waals surface area contributed by atoms with Gasteiger partial charge >= 0.3 is 5.97 Å². The van der Waals surface area contributed by atoms with E-state index in [4.69, 9.17) is 19.0 Å². The molecule has 2 aromatic carbocycles. The van der Waals surface area contributed by atoms with Crippen molar-refractivity contribution in [1.82, 2.24) is 0 Å². The molecule has 3 fully saturated rings. The molecule has 0 aromatic heterocycles. The van der Waals surface area contributed by atoms with Crippen molar-refractivity contribution in [3.63, 3.8) is 0 Å². The molecule has 6 rings (SSSR count). The smallest absolute Gasteiger partial charge is 0.308 e. The van der Waals surface area contributed by atoms with Crippen LogP contribution in [0.4, 0.5) is 5.69 Å². The van der Waals surface area contributed by atoms with E-state index in [-0.39, 0.29) is 35.7 Å². The Morgan fingerprint density at radius 2 is 1.63 bits per heavy atom. The van der Waals surface area contributed by atoms with E-state index in [1.807, 2.05) is 18.2 Å². The number of rotatable bonds is 5. The normalized spacial score (nSPS) is 30.0. The molecule has 4 aliphatic rings. The molecule has 2 heterocycles. The molecule has 2 aliphatic heterocycles. The van der Waals surface area contributed by atoms with Crippen molar-refractivity contribution in [2.75, 3.05) is 19.1 Å². The molecule has 2 aromatic rings. The van der Waals surface area contributed by atoms with Gasteiger partial charge in [-0.25, -0.2) is 0 Å². The number of nitrogens with zero attached hydrogens (tertiary/aromatic N) is 2. The third kappa shape index (κ3) is 3.07. The fourth-order valence-electron chi connectivity index (χ4n) is 6.44. The summed E-state index contributed by atoms with van der Waals surface area (Å²) in [6.07, 6.45) is 0.528. The molecule has 35 heavy (non-hydrogen) atoms. The van der Waals surface area contributed by atoms with Crippen molar-refractivity contribution < 1.29 is 33.4 Å². The number of methoxy groups -OCH3 is 2. The Morgan fingerprint density at radius 1 is 0.943 bits per heavy atom. The molecule has 2 aliphatic carbocycles. The van der Waals surface area contributed by atoms with Gasteiger partial charge in [-0.3, -0.25) is 19.3 Å². The average molecular weight is 476 g/mol. The highest BCUT2D eigenvalue weighted by atomic mass is 16.6. The van der Waals surface area contributed by atoms with E-state index in [0.29, 0.717) is 22.9 Å². The Morgan fingerprint density at radius 3 is 2.29 bits per heavy atom. The van der Waals surface area contributed by atoms with E-state index >= 15 is 0 Å².